The summed E-state index contributed by atoms with van der Waals surface area (Å²) < 4.78 is 0. The fourth-order valence-electron chi connectivity index (χ4n) is 0.730. The molecule has 0 radical (unpaired) electrons. The maximum absolute atomic E-state index is 3.06. The van der Waals surface area contributed by atoms with Crippen molar-refractivity contribution in [1.29, 1.82) is 0 Å². The van der Waals surface area contributed by atoms with Crippen LogP contribution in [0.1, 0.15) is 13.8 Å². The number of thioether (sulfide) groups is 1. The van der Waals surface area contributed by atoms with E-state index in [4.69, 9.17) is 0 Å². The molecule has 0 spiro atoms. The molecule has 0 unspecified atom stereocenters. The Morgan fingerprint density at radius 3 is 2.69 bits per heavy atom. The van der Waals surface area contributed by atoms with Gasteiger partial charge in [-0.3, -0.25) is 0 Å². The summed E-state index contributed by atoms with van der Waals surface area (Å²) in [4.78, 5) is 1.32. The number of hydrogen-bond acceptors (Lipinski definition) is 1. The van der Waals surface area contributed by atoms with E-state index in [0.29, 0.717) is 0 Å². The third-order valence-electron chi connectivity index (χ3n) is 1.26. The molecule has 0 nitrogen and oxygen atoms in total. The van der Waals surface area contributed by atoms with Crippen molar-refractivity contribution < 1.29 is 16.3 Å². The normalized spacial score (nSPS) is 9.38. The van der Waals surface area contributed by atoms with Crippen LogP contribution in [-0.4, -0.2) is 5.75 Å². The van der Waals surface area contributed by atoms with E-state index in [-0.39, 0.29) is 0 Å². The van der Waals surface area contributed by atoms with Crippen molar-refractivity contribution >= 4 is 25.4 Å². The molecule has 0 atom stereocenters. The van der Waals surface area contributed by atoms with Gasteiger partial charge in [0.15, 0.2) is 0 Å². The predicted molar refractivity (Wildman–Crippen MR) is 59.8 cm³/mol. The van der Waals surface area contributed by atoms with E-state index in [1.807, 2.05) is 30.0 Å². The van der Waals surface area contributed by atoms with Crippen LogP contribution < -0.4 is 0 Å². The van der Waals surface area contributed by atoms with E-state index in [2.05, 4.69) is 39.6 Å². The summed E-state index contributed by atoms with van der Waals surface area (Å²) in [6.07, 6.45) is 0. The van der Waals surface area contributed by atoms with E-state index in [9.17, 15) is 0 Å². The Hall–Kier alpha value is 0.673. The van der Waals surface area contributed by atoms with Gasteiger partial charge in [-0.2, -0.15) is 42.1 Å². The topological polar surface area (TPSA) is 0 Å². The van der Waals surface area contributed by atoms with Gasteiger partial charge in [0, 0.05) is 0 Å². The molecule has 68 valence electrons. The molecule has 0 fully saturated rings. The van der Waals surface area contributed by atoms with Crippen LogP contribution >= 0.6 is 25.4 Å². The standard InChI is InChI=1S/C10H13S.BrH.Zn/c1-9(2)8-11-10-6-4-3-5-7-10;;/h3-4,6-7,9H,8H2,1-2H3;1H;/q-1;;+2/p-1. The SMILES string of the molecule is CC(C)CSc1c[c-]ccc1.[Zn+][Br]. The molecule has 0 saturated carbocycles. The minimum atomic E-state index is 0.764. The molecule has 0 amide bonds. The molecule has 0 aliphatic heterocycles. The van der Waals surface area contributed by atoms with Crippen LogP contribution in [0.15, 0.2) is 29.2 Å². The average Bonchev–Trinajstić information content (AvgIpc) is 2.19. The van der Waals surface area contributed by atoms with Crippen molar-refractivity contribution in [3.05, 3.63) is 30.3 Å². The molecule has 0 bridgehead atoms. The van der Waals surface area contributed by atoms with E-state index in [1.54, 1.807) is 0 Å². The van der Waals surface area contributed by atoms with Crippen molar-refractivity contribution in [2.75, 3.05) is 5.75 Å². The quantitative estimate of drug-likeness (QED) is 0.460. The molecule has 1 rings (SSSR count). The first kappa shape index (κ1) is 13.7. The fraction of sp³-hybridized carbons (Fsp3) is 0.400. The number of benzene rings is 1. The van der Waals surface area contributed by atoms with Crippen molar-refractivity contribution in [1.82, 2.24) is 0 Å². The van der Waals surface area contributed by atoms with Crippen LogP contribution in [0.2, 0.25) is 0 Å². The summed E-state index contributed by atoms with van der Waals surface area (Å²) in [6, 6.07) is 11.2. The van der Waals surface area contributed by atoms with Gasteiger partial charge in [0.05, 0.1) is 0 Å². The Labute approximate surface area is 102 Å². The zero-order valence-corrected chi connectivity index (χ0v) is 13.5. The third kappa shape index (κ3) is 7.72. The summed E-state index contributed by atoms with van der Waals surface area (Å²) >= 11 is 6.15. The summed E-state index contributed by atoms with van der Waals surface area (Å²) in [5.41, 5.74) is 0. The van der Waals surface area contributed by atoms with Crippen molar-refractivity contribution in [3.63, 3.8) is 0 Å². The van der Waals surface area contributed by atoms with Crippen molar-refractivity contribution in [3.8, 4) is 0 Å². The summed E-state index contributed by atoms with van der Waals surface area (Å²) in [6.45, 7) is 4.47. The van der Waals surface area contributed by atoms with Crippen LogP contribution in [0.5, 0.6) is 0 Å². The minimum absolute atomic E-state index is 0.764. The predicted octanol–water partition coefficient (Wildman–Crippen LogP) is 4.08. The average molecular weight is 311 g/mol. The number of halogens is 1. The van der Waals surface area contributed by atoms with Gasteiger partial charge >= 0.3 is 30.0 Å². The van der Waals surface area contributed by atoms with Gasteiger partial charge in [0.25, 0.3) is 0 Å². The van der Waals surface area contributed by atoms with Gasteiger partial charge in [-0.1, -0.05) is 13.8 Å². The van der Waals surface area contributed by atoms with Crippen molar-refractivity contribution in [2.45, 2.75) is 18.7 Å². The van der Waals surface area contributed by atoms with E-state index >= 15 is 0 Å². The van der Waals surface area contributed by atoms with Gasteiger partial charge in [-0.05, 0) is 11.7 Å². The van der Waals surface area contributed by atoms with Crippen LogP contribution in [0, 0.1) is 12.0 Å². The van der Waals surface area contributed by atoms with Crippen LogP contribution in [-0.2, 0) is 16.3 Å². The molecular formula is C10H13BrSZn. The Morgan fingerprint density at radius 2 is 2.23 bits per heavy atom. The monoisotopic (exact) mass is 308 g/mol. The Morgan fingerprint density at radius 1 is 1.54 bits per heavy atom. The van der Waals surface area contributed by atoms with E-state index in [1.165, 1.54) is 27.0 Å². The first-order valence-corrected chi connectivity index (χ1v) is 12.1. The second kappa shape index (κ2) is 9.24. The van der Waals surface area contributed by atoms with Crippen LogP contribution in [0.4, 0.5) is 0 Å². The Bertz CT molecular complexity index is 201. The molecule has 1 aromatic carbocycles. The van der Waals surface area contributed by atoms with Crippen molar-refractivity contribution in [2.24, 2.45) is 5.92 Å². The summed E-state index contributed by atoms with van der Waals surface area (Å²) in [7, 11) is 0. The maximum atomic E-state index is 3.06. The number of rotatable bonds is 3. The van der Waals surface area contributed by atoms with E-state index < -0.39 is 0 Å². The summed E-state index contributed by atoms with van der Waals surface area (Å²) in [5.74, 6) is 1.96. The van der Waals surface area contributed by atoms with Gasteiger partial charge in [0.1, 0.15) is 0 Å². The fourth-order valence-corrected chi connectivity index (χ4v) is 1.58. The zero-order chi connectivity index (χ0) is 10.1. The molecule has 3 heteroatoms. The van der Waals surface area contributed by atoms with E-state index in [0.717, 1.165) is 5.92 Å². The van der Waals surface area contributed by atoms with Gasteiger partial charge in [-0.15, -0.1) is 4.90 Å². The van der Waals surface area contributed by atoms with Crippen LogP contribution in [0.25, 0.3) is 0 Å². The first-order chi connectivity index (χ1) is 6.29. The molecule has 0 aromatic heterocycles. The van der Waals surface area contributed by atoms with Gasteiger partial charge in [-0.25, -0.2) is 0 Å². The molecule has 0 heterocycles. The molecule has 13 heavy (non-hydrogen) atoms. The molecule has 0 aliphatic carbocycles. The molecule has 0 N–H and O–H groups in total. The molecule has 0 aliphatic rings. The Balaban J connectivity index is 0.000000671. The van der Waals surface area contributed by atoms with Gasteiger partial charge < -0.3 is 0 Å². The molecule has 1 aromatic rings. The van der Waals surface area contributed by atoms with Gasteiger partial charge in [0.2, 0.25) is 0 Å². The third-order valence-corrected chi connectivity index (χ3v) is 2.68. The molecule has 0 saturated heterocycles. The summed E-state index contributed by atoms with van der Waals surface area (Å²) in [5, 5.41) is 0. The van der Waals surface area contributed by atoms with Crippen LogP contribution in [0.3, 0.4) is 0 Å². The number of hydrogen-bond donors (Lipinski definition) is 0. The Kier molecular flexibility index (Phi) is 9.72. The zero-order valence-electron chi connectivity index (χ0n) is 8.09. The second-order valence-electron chi connectivity index (χ2n) is 2.94. The second-order valence-corrected chi connectivity index (χ2v) is 4.04. The first-order valence-electron chi connectivity index (χ1n) is 4.14. The molecular weight excluding hydrogens is 297 g/mol.